The van der Waals surface area contributed by atoms with Crippen LogP contribution in [0, 0.1) is 5.92 Å². The number of carbonyl (C=O) groups excluding carboxylic acids is 1. The van der Waals surface area contributed by atoms with Gasteiger partial charge in [0.1, 0.15) is 0 Å². The number of benzene rings is 1. The molecule has 3 atom stereocenters. The summed E-state index contributed by atoms with van der Waals surface area (Å²) in [5.74, 6) is 0.319. The Morgan fingerprint density at radius 2 is 1.76 bits per heavy atom. The summed E-state index contributed by atoms with van der Waals surface area (Å²) in [5, 5.41) is 8.80. The molecule has 0 unspecified atom stereocenters. The highest BCUT2D eigenvalue weighted by Gasteiger charge is 2.39. The second-order valence-corrected chi connectivity index (χ2v) is 9.02. The average molecular weight is 476 g/mol. The van der Waals surface area contributed by atoms with Crippen LogP contribution in [-0.4, -0.2) is 74.9 Å². The van der Waals surface area contributed by atoms with Gasteiger partial charge in [0.25, 0.3) is 5.91 Å². The fraction of sp³-hybridized carbons (Fsp3) is 0.667. The number of aliphatic hydroxyl groups is 1. The lowest BCUT2D eigenvalue weighted by Gasteiger charge is -2.39. The molecule has 7 heteroatoms. The van der Waals surface area contributed by atoms with E-state index in [2.05, 4.69) is 12.1 Å². The van der Waals surface area contributed by atoms with Crippen molar-refractivity contribution in [1.82, 2.24) is 4.90 Å². The normalized spacial score (nSPS) is 23.3. The summed E-state index contributed by atoms with van der Waals surface area (Å²) in [6.45, 7) is 4.22. The maximum Gasteiger partial charge on any atom is 0.288 e. The van der Waals surface area contributed by atoms with Crippen LogP contribution in [0.5, 0.6) is 0 Å². The number of likely N-dealkylation sites (N-methyl/N-ethyl adjacent to an activating group) is 1. The molecule has 1 fully saturated rings. The molecule has 1 aromatic rings. The van der Waals surface area contributed by atoms with E-state index in [-0.39, 0.29) is 30.4 Å². The molecule has 1 amide bonds. The molecule has 1 aliphatic carbocycles. The minimum Gasteiger partial charge on any atom is -0.459 e. The summed E-state index contributed by atoms with van der Waals surface area (Å²) in [4.78, 5) is 15.3. The van der Waals surface area contributed by atoms with E-state index in [1.807, 2.05) is 43.1 Å². The molecule has 34 heavy (non-hydrogen) atoms. The summed E-state index contributed by atoms with van der Waals surface area (Å²) in [6, 6.07) is 10.5. The van der Waals surface area contributed by atoms with Crippen molar-refractivity contribution in [3.05, 3.63) is 47.7 Å². The van der Waals surface area contributed by atoms with Gasteiger partial charge in [0, 0.05) is 38.1 Å². The topological polar surface area (TPSA) is 77.5 Å². The molecule has 0 saturated heterocycles. The van der Waals surface area contributed by atoms with Gasteiger partial charge in [-0.05, 0) is 37.8 Å². The zero-order valence-electron chi connectivity index (χ0n) is 20.7. The van der Waals surface area contributed by atoms with Crippen LogP contribution in [0.1, 0.15) is 56.9 Å². The van der Waals surface area contributed by atoms with E-state index in [0.717, 1.165) is 24.8 Å². The number of carbonyl (C=O) groups is 1. The first-order valence-corrected chi connectivity index (χ1v) is 12.7. The van der Waals surface area contributed by atoms with Gasteiger partial charge in [-0.15, -0.1) is 0 Å². The monoisotopic (exact) mass is 475 g/mol. The van der Waals surface area contributed by atoms with Crippen LogP contribution in [0.4, 0.5) is 0 Å². The molecule has 1 N–H and O–H groups in total. The van der Waals surface area contributed by atoms with Gasteiger partial charge < -0.3 is 29.0 Å². The Morgan fingerprint density at radius 1 is 1.06 bits per heavy atom. The summed E-state index contributed by atoms with van der Waals surface area (Å²) in [5.41, 5.74) is 1.14. The predicted octanol–water partition coefficient (Wildman–Crippen LogP) is 3.87. The highest BCUT2D eigenvalue weighted by molar-refractivity contribution is 5.91. The highest BCUT2D eigenvalue weighted by Crippen LogP contribution is 2.39. The Balaban J connectivity index is 1.74. The van der Waals surface area contributed by atoms with Gasteiger partial charge in [0.2, 0.25) is 6.29 Å². The maximum atomic E-state index is 13.4. The largest absolute Gasteiger partial charge is 0.459 e. The van der Waals surface area contributed by atoms with Crippen LogP contribution in [0.3, 0.4) is 0 Å². The molecule has 1 aliphatic heterocycles. The Bertz CT molecular complexity index is 749. The predicted molar refractivity (Wildman–Crippen MR) is 130 cm³/mol. The van der Waals surface area contributed by atoms with Crippen molar-refractivity contribution in [3.63, 3.8) is 0 Å². The number of aliphatic hydroxyl groups excluding tert-OH is 1. The van der Waals surface area contributed by atoms with Gasteiger partial charge in [0.05, 0.1) is 26.4 Å². The molecule has 3 rings (SSSR count). The molecular weight excluding hydrogens is 434 g/mol. The van der Waals surface area contributed by atoms with E-state index in [1.165, 1.54) is 19.3 Å². The van der Waals surface area contributed by atoms with E-state index in [4.69, 9.17) is 24.1 Å². The Kier molecular flexibility index (Phi) is 11.3. The molecule has 0 bridgehead atoms. The van der Waals surface area contributed by atoms with Gasteiger partial charge >= 0.3 is 0 Å². The van der Waals surface area contributed by atoms with Crippen LogP contribution < -0.4 is 0 Å². The molecule has 2 aliphatic rings. The van der Waals surface area contributed by atoms with Crippen molar-refractivity contribution in [3.8, 4) is 0 Å². The van der Waals surface area contributed by atoms with Gasteiger partial charge in [-0.1, -0.05) is 49.6 Å². The molecule has 1 aromatic carbocycles. The summed E-state index contributed by atoms with van der Waals surface area (Å²) in [6.07, 6.45) is 7.88. The van der Waals surface area contributed by atoms with E-state index in [1.54, 1.807) is 0 Å². The molecule has 1 heterocycles. The standard InChI is InChI=1S/C27H41NO6/c1-3-33-27-23(14-16-31-18-19-32-17-15-29)24(21-10-6-4-7-11-21)20-25(34-27)26(30)28(2)22-12-8-5-9-13-22/h4,6-7,10-11,20,22-24,27,29H,3,5,8-9,12-19H2,1-2H3/t23-,24+,27+/m1/s1. The first-order valence-electron chi connectivity index (χ1n) is 12.7. The first kappa shape index (κ1) is 26.7. The lowest BCUT2D eigenvalue weighted by Crippen LogP contribution is -2.43. The zero-order chi connectivity index (χ0) is 24.2. The number of hydrogen-bond acceptors (Lipinski definition) is 6. The maximum absolute atomic E-state index is 13.4. The van der Waals surface area contributed by atoms with E-state index >= 15 is 0 Å². The van der Waals surface area contributed by atoms with Crippen molar-refractivity contribution in [2.45, 2.75) is 63.7 Å². The number of nitrogens with zero attached hydrogens (tertiary/aromatic N) is 1. The number of allylic oxidation sites excluding steroid dienone is 1. The average Bonchev–Trinajstić information content (AvgIpc) is 2.89. The summed E-state index contributed by atoms with van der Waals surface area (Å²) >= 11 is 0. The fourth-order valence-corrected chi connectivity index (χ4v) is 4.90. The van der Waals surface area contributed by atoms with Crippen molar-refractivity contribution in [2.24, 2.45) is 5.92 Å². The minimum absolute atomic E-state index is 0.0113. The minimum atomic E-state index is -0.520. The highest BCUT2D eigenvalue weighted by atomic mass is 16.7. The van der Waals surface area contributed by atoms with Crippen LogP contribution in [-0.2, 0) is 23.7 Å². The lowest BCUT2D eigenvalue weighted by molar-refractivity contribution is -0.172. The molecule has 0 radical (unpaired) electrons. The number of ether oxygens (including phenoxy) is 4. The smallest absolute Gasteiger partial charge is 0.288 e. The third-order valence-electron chi connectivity index (χ3n) is 6.76. The third kappa shape index (κ3) is 7.54. The molecule has 190 valence electrons. The summed E-state index contributed by atoms with van der Waals surface area (Å²) in [7, 11) is 1.90. The van der Waals surface area contributed by atoms with Crippen molar-refractivity contribution in [2.75, 3.05) is 46.7 Å². The van der Waals surface area contributed by atoms with Crippen molar-refractivity contribution in [1.29, 1.82) is 0 Å². The van der Waals surface area contributed by atoms with E-state index < -0.39 is 6.29 Å². The van der Waals surface area contributed by atoms with Crippen LogP contribution in [0.2, 0.25) is 0 Å². The van der Waals surface area contributed by atoms with Crippen molar-refractivity contribution >= 4 is 5.91 Å². The van der Waals surface area contributed by atoms with Gasteiger partial charge in [-0.2, -0.15) is 0 Å². The van der Waals surface area contributed by atoms with Gasteiger partial charge in [-0.25, -0.2) is 0 Å². The van der Waals surface area contributed by atoms with Crippen LogP contribution in [0.15, 0.2) is 42.2 Å². The van der Waals surface area contributed by atoms with E-state index in [9.17, 15) is 4.79 Å². The number of hydrogen-bond donors (Lipinski definition) is 1. The van der Waals surface area contributed by atoms with Crippen molar-refractivity contribution < 1.29 is 28.8 Å². The molecule has 7 nitrogen and oxygen atoms in total. The Morgan fingerprint density at radius 3 is 2.44 bits per heavy atom. The second kappa shape index (κ2) is 14.5. The van der Waals surface area contributed by atoms with Gasteiger partial charge in [0.15, 0.2) is 5.76 Å². The molecule has 0 spiro atoms. The molecular formula is C27H41NO6. The second-order valence-electron chi connectivity index (χ2n) is 9.02. The lowest BCUT2D eigenvalue weighted by atomic mass is 9.81. The van der Waals surface area contributed by atoms with Crippen LogP contribution in [0.25, 0.3) is 0 Å². The molecule has 0 aromatic heterocycles. The summed E-state index contributed by atoms with van der Waals surface area (Å²) < 4.78 is 23.3. The van der Waals surface area contributed by atoms with Gasteiger partial charge in [-0.3, -0.25) is 4.79 Å². The number of amides is 1. The SMILES string of the molecule is CCO[C@H]1OC(C(=O)N(C)C2CCCCC2)=C[C@@H](c2ccccc2)[C@H]1CCOCCOCCO. The molecule has 1 saturated carbocycles. The van der Waals surface area contributed by atoms with Crippen LogP contribution >= 0.6 is 0 Å². The zero-order valence-corrected chi connectivity index (χ0v) is 20.7. The third-order valence-corrected chi connectivity index (χ3v) is 6.76. The quantitative estimate of drug-likeness (QED) is 0.437. The van der Waals surface area contributed by atoms with E-state index in [0.29, 0.717) is 38.8 Å². The Hall–Kier alpha value is -1.93. The fourth-order valence-electron chi connectivity index (χ4n) is 4.90. The first-order chi connectivity index (χ1) is 16.7. The Labute approximate surface area is 204 Å². The number of rotatable bonds is 13.